The maximum absolute atomic E-state index is 4.56. The third kappa shape index (κ3) is 2.84. The lowest BCUT2D eigenvalue weighted by Gasteiger charge is -2.24. The topological polar surface area (TPSA) is 55.6 Å². The average Bonchev–Trinajstić information content (AvgIpc) is 2.93. The lowest BCUT2D eigenvalue weighted by molar-refractivity contribution is 0.389. The van der Waals surface area contributed by atoms with Crippen LogP contribution in [-0.4, -0.2) is 25.8 Å². The van der Waals surface area contributed by atoms with Crippen LogP contribution in [0.3, 0.4) is 0 Å². The van der Waals surface area contributed by atoms with Gasteiger partial charge in [0.1, 0.15) is 11.6 Å². The van der Waals surface area contributed by atoms with E-state index in [0.717, 1.165) is 48.8 Å². The molecule has 0 aliphatic carbocycles. The summed E-state index contributed by atoms with van der Waals surface area (Å²) in [5.74, 6) is 2.13. The third-order valence-electron chi connectivity index (χ3n) is 4.63. The zero-order valence-corrected chi connectivity index (χ0v) is 13.6. The molecule has 0 radical (unpaired) electrons. The van der Waals surface area contributed by atoms with Crippen molar-refractivity contribution >= 4 is 10.9 Å². The van der Waals surface area contributed by atoms with Crippen LogP contribution in [0.4, 0.5) is 0 Å². The number of hydrogen-bond acceptors (Lipinski definition) is 4. The van der Waals surface area contributed by atoms with E-state index in [1.54, 1.807) is 0 Å². The zero-order chi connectivity index (χ0) is 15.8. The van der Waals surface area contributed by atoms with E-state index >= 15 is 0 Å². The number of benzene rings is 1. The molecule has 1 N–H and O–H groups in total. The number of aromatic nitrogens is 4. The summed E-state index contributed by atoms with van der Waals surface area (Å²) < 4.78 is 2.22. The second kappa shape index (κ2) is 5.74. The van der Waals surface area contributed by atoms with Crippen molar-refractivity contribution in [3.63, 3.8) is 0 Å². The largest absolute Gasteiger partial charge is 0.315 e. The van der Waals surface area contributed by atoms with Crippen LogP contribution in [-0.2, 0) is 19.5 Å². The Morgan fingerprint density at radius 1 is 1.17 bits per heavy atom. The molecule has 1 atom stereocenters. The standard InChI is InChI=1S/C18H21N5/c1-12-3-5-15-9-14(4-6-17(15)20-12)11-19-16-7-8-23-13(2)21-22-18(23)10-16/h3-6,9,16,19H,7-8,10-11H2,1-2H3. The highest BCUT2D eigenvalue weighted by Crippen LogP contribution is 2.17. The van der Waals surface area contributed by atoms with Gasteiger partial charge in [0, 0.05) is 36.6 Å². The predicted molar refractivity (Wildman–Crippen MR) is 90.2 cm³/mol. The molecule has 0 fully saturated rings. The van der Waals surface area contributed by atoms with Crippen LogP contribution in [0.15, 0.2) is 30.3 Å². The molecule has 5 heteroatoms. The second-order valence-electron chi connectivity index (χ2n) is 6.37. The molecule has 2 aromatic heterocycles. The van der Waals surface area contributed by atoms with Gasteiger partial charge >= 0.3 is 0 Å². The van der Waals surface area contributed by atoms with Crippen molar-refractivity contribution in [1.82, 2.24) is 25.1 Å². The van der Waals surface area contributed by atoms with Crippen molar-refractivity contribution in [3.05, 3.63) is 53.2 Å². The van der Waals surface area contributed by atoms with E-state index in [2.05, 4.69) is 55.4 Å². The number of aryl methyl sites for hydroxylation is 2. The van der Waals surface area contributed by atoms with E-state index in [-0.39, 0.29) is 0 Å². The lowest BCUT2D eigenvalue weighted by atomic mass is 10.0. The van der Waals surface area contributed by atoms with Gasteiger partial charge in [-0.1, -0.05) is 12.1 Å². The summed E-state index contributed by atoms with van der Waals surface area (Å²) in [4.78, 5) is 4.56. The number of hydrogen-bond donors (Lipinski definition) is 1. The smallest absolute Gasteiger partial charge is 0.134 e. The fourth-order valence-electron chi connectivity index (χ4n) is 3.30. The van der Waals surface area contributed by atoms with E-state index in [1.807, 2.05) is 13.8 Å². The molecule has 23 heavy (non-hydrogen) atoms. The first-order chi connectivity index (χ1) is 11.2. The molecule has 1 unspecified atom stereocenters. The van der Waals surface area contributed by atoms with Crippen LogP contribution < -0.4 is 5.32 Å². The summed E-state index contributed by atoms with van der Waals surface area (Å²) in [6, 6.07) is 11.2. The second-order valence-corrected chi connectivity index (χ2v) is 6.37. The summed E-state index contributed by atoms with van der Waals surface area (Å²) in [5, 5.41) is 13.3. The van der Waals surface area contributed by atoms with Gasteiger partial charge < -0.3 is 9.88 Å². The molecule has 1 aliphatic rings. The van der Waals surface area contributed by atoms with Gasteiger partial charge in [-0.2, -0.15) is 0 Å². The van der Waals surface area contributed by atoms with Crippen LogP contribution >= 0.6 is 0 Å². The minimum atomic E-state index is 0.470. The van der Waals surface area contributed by atoms with Gasteiger partial charge in [0.2, 0.25) is 0 Å². The van der Waals surface area contributed by atoms with Crippen LogP contribution in [0.25, 0.3) is 10.9 Å². The minimum Gasteiger partial charge on any atom is -0.315 e. The SMILES string of the molecule is Cc1ccc2cc(CNC3CCn4c(C)nnc4C3)ccc2n1. The average molecular weight is 307 g/mol. The highest BCUT2D eigenvalue weighted by atomic mass is 15.3. The highest BCUT2D eigenvalue weighted by molar-refractivity contribution is 5.79. The number of nitrogens with one attached hydrogen (secondary N) is 1. The molecule has 3 aromatic rings. The molecule has 118 valence electrons. The number of nitrogens with zero attached hydrogens (tertiary/aromatic N) is 4. The molecule has 4 rings (SSSR count). The Kier molecular flexibility index (Phi) is 3.58. The van der Waals surface area contributed by atoms with Gasteiger partial charge in [0.05, 0.1) is 5.52 Å². The summed E-state index contributed by atoms with van der Waals surface area (Å²) >= 11 is 0. The van der Waals surface area contributed by atoms with E-state index in [4.69, 9.17) is 0 Å². The molecule has 0 spiro atoms. The van der Waals surface area contributed by atoms with Gasteiger partial charge in [-0.05, 0) is 44.0 Å². The Labute approximate surface area is 135 Å². The van der Waals surface area contributed by atoms with Crippen molar-refractivity contribution in [2.24, 2.45) is 0 Å². The van der Waals surface area contributed by atoms with Crippen molar-refractivity contribution < 1.29 is 0 Å². The monoisotopic (exact) mass is 307 g/mol. The molecular formula is C18H21N5. The van der Waals surface area contributed by atoms with E-state index in [1.165, 1.54) is 10.9 Å². The molecule has 1 aliphatic heterocycles. The van der Waals surface area contributed by atoms with Crippen molar-refractivity contribution in [2.45, 2.75) is 45.8 Å². The first-order valence-corrected chi connectivity index (χ1v) is 8.17. The fourth-order valence-corrected chi connectivity index (χ4v) is 3.30. The van der Waals surface area contributed by atoms with E-state index < -0.39 is 0 Å². The lowest BCUT2D eigenvalue weighted by Crippen LogP contribution is -2.36. The van der Waals surface area contributed by atoms with Crippen LogP contribution in [0.2, 0.25) is 0 Å². The summed E-state index contributed by atoms with van der Waals surface area (Å²) in [5.41, 5.74) is 3.42. The summed E-state index contributed by atoms with van der Waals surface area (Å²) in [6.45, 7) is 5.93. The molecule has 0 amide bonds. The third-order valence-corrected chi connectivity index (χ3v) is 4.63. The number of pyridine rings is 1. The number of fused-ring (bicyclic) bond motifs is 2. The molecule has 0 saturated carbocycles. The van der Waals surface area contributed by atoms with Crippen LogP contribution in [0, 0.1) is 13.8 Å². The maximum atomic E-state index is 4.56. The molecule has 0 bridgehead atoms. The van der Waals surface area contributed by atoms with Crippen molar-refractivity contribution in [3.8, 4) is 0 Å². The maximum Gasteiger partial charge on any atom is 0.134 e. The Morgan fingerprint density at radius 3 is 3.00 bits per heavy atom. The van der Waals surface area contributed by atoms with E-state index in [9.17, 15) is 0 Å². The predicted octanol–water partition coefficient (Wildman–Crippen LogP) is 2.55. The Balaban J connectivity index is 1.44. The molecule has 5 nitrogen and oxygen atoms in total. The molecule has 0 saturated heterocycles. The fraction of sp³-hybridized carbons (Fsp3) is 0.389. The van der Waals surface area contributed by atoms with Gasteiger partial charge in [0.25, 0.3) is 0 Å². The van der Waals surface area contributed by atoms with Crippen LogP contribution in [0.5, 0.6) is 0 Å². The van der Waals surface area contributed by atoms with E-state index in [0.29, 0.717) is 6.04 Å². The van der Waals surface area contributed by atoms with Crippen LogP contribution in [0.1, 0.15) is 29.3 Å². The Morgan fingerprint density at radius 2 is 2.09 bits per heavy atom. The van der Waals surface area contributed by atoms with Gasteiger partial charge in [-0.3, -0.25) is 4.98 Å². The molecular weight excluding hydrogens is 286 g/mol. The van der Waals surface area contributed by atoms with Gasteiger partial charge in [0.15, 0.2) is 0 Å². The minimum absolute atomic E-state index is 0.470. The molecule has 3 heterocycles. The van der Waals surface area contributed by atoms with Crippen molar-refractivity contribution in [2.75, 3.05) is 0 Å². The Bertz CT molecular complexity index is 852. The summed E-state index contributed by atoms with van der Waals surface area (Å²) in [6.07, 6.45) is 2.08. The molecule has 1 aromatic carbocycles. The van der Waals surface area contributed by atoms with Gasteiger partial charge in [-0.15, -0.1) is 10.2 Å². The highest BCUT2D eigenvalue weighted by Gasteiger charge is 2.21. The quantitative estimate of drug-likeness (QED) is 0.808. The first-order valence-electron chi connectivity index (χ1n) is 8.17. The normalized spacial score (nSPS) is 17.4. The zero-order valence-electron chi connectivity index (χ0n) is 13.6. The number of rotatable bonds is 3. The first kappa shape index (κ1) is 14.3. The Hall–Kier alpha value is -2.27. The summed E-state index contributed by atoms with van der Waals surface area (Å²) in [7, 11) is 0. The van der Waals surface area contributed by atoms with Gasteiger partial charge in [-0.25, -0.2) is 0 Å². The van der Waals surface area contributed by atoms with Crippen molar-refractivity contribution in [1.29, 1.82) is 0 Å².